The number of carbonyl (C=O) groups excluding carboxylic acids is 2. The van der Waals surface area contributed by atoms with Gasteiger partial charge in [0.15, 0.2) is 0 Å². The minimum absolute atomic E-state index is 0.194. The van der Waals surface area contributed by atoms with E-state index < -0.39 is 0 Å². The van der Waals surface area contributed by atoms with Crippen LogP contribution >= 0.6 is 0 Å². The highest BCUT2D eigenvalue weighted by Crippen LogP contribution is 2.03. The van der Waals surface area contributed by atoms with Gasteiger partial charge in [-0.2, -0.15) is 0 Å². The third-order valence-corrected chi connectivity index (χ3v) is 2.70. The number of aryl methyl sites for hydroxylation is 1. The van der Waals surface area contributed by atoms with Crippen molar-refractivity contribution in [1.82, 2.24) is 10.6 Å². The van der Waals surface area contributed by atoms with Gasteiger partial charge >= 0.3 is 12.0 Å². The van der Waals surface area contributed by atoms with E-state index in [9.17, 15) is 9.59 Å². The van der Waals surface area contributed by atoms with Crippen LogP contribution in [0.4, 0.5) is 4.79 Å². The lowest BCUT2D eigenvalue weighted by Gasteiger charge is -2.07. The zero-order valence-corrected chi connectivity index (χ0v) is 12.1. The molecule has 0 fully saturated rings. The van der Waals surface area contributed by atoms with E-state index in [4.69, 9.17) is 4.74 Å². The minimum Gasteiger partial charge on any atom is -0.466 e. The van der Waals surface area contributed by atoms with E-state index in [0.29, 0.717) is 13.2 Å². The van der Waals surface area contributed by atoms with Crippen LogP contribution in [0.2, 0.25) is 0 Å². The highest BCUT2D eigenvalue weighted by Gasteiger charge is 2.03. The first-order valence-electron chi connectivity index (χ1n) is 6.84. The van der Waals surface area contributed by atoms with Crippen molar-refractivity contribution >= 4 is 12.0 Å². The van der Waals surface area contributed by atoms with Crippen molar-refractivity contribution in [2.24, 2.45) is 0 Å². The molecule has 1 rings (SSSR count). The molecule has 0 radical (unpaired) electrons. The van der Waals surface area contributed by atoms with Crippen LogP contribution in [0.5, 0.6) is 0 Å². The Labute approximate surface area is 119 Å². The highest BCUT2D eigenvalue weighted by atomic mass is 16.5. The summed E-state index contributed by atoms with van der Waals surface area (Å²) in [6.07, 6.45) is 0.978. The summed E-state index contributed by atoms with van der Waals surface area (Å²) in [5.74, 6) is -0.299. The summed E-state index contributed by atoms with van der Waals surface area (Å²) >= 11 is 0. The van der Waals surface area contributed by atoms with Crippen LogP contribution < -0.4 is 10.6 Å². The van der Waals surface area contributed by atoms with Gasteiger partial charge in [0.05, 0.1) is 13.0 Å². The third kappa shape index (κ3) is 6.78. The molecule has 110 valence electrons. The van der Waals surface area contributed by atoms with Crippen molar-refractivity contribution < 1.29 is 14.3 Å². The number of carbonyl (C=O) groups is 2. The number of amides is 2. The van der Waals surface area contributed by atoms with Crippen molar-refractivity contribution in [3.63, 3.8) is 0 Å². The molecule has 0 aliphatic carbocycles. The molecule has 2 amide bonds. The number of esters is 1. The molecule has 1 aromatic carbocycles. The maximum Gasteiger partial charge on any atom is 0.314 e. The number of hydrogen-bond donors (Lipinski definition) is 2. The summed E-state index contributed by atoms with van der Waals surface area (Å²) in [5.41, 5.74) is 2.40. The van der Waals surface area contributed by atoms with Crippen molar-refractivity contribution in [2.45, 2.75) is 26.7 Å². The molecular formula is C15H22N2O3. The van der Waals surface area contributed by atoms with Gasteiger partial charge in [0.1, 0.15) is 0 Å². The summed E-state index contributed by atoms with van der Waals surface area (Å²) < 4.78 is 4.76. The molecule has 0 aliphatic rings. The van der Waals surface area contributed by atoms with E-state index in [2.05, 4.69) is 16.7 Å². The SMILES string of the molecule is CCOC(=O)CCNC(=O)NCCc1cccc(C)c1. The number of rotatable bonds is 7. The van der Waals surface area contributed by atoms with E-state index in [-0.39, 0.29) is 25.0 Å². The van der Waals surface area contributed by atoms with Gasteiger partial charge in [-0.3, -0.25) is 4.79 Å². The first-order valence-corrected chi connectivity index (χ1v) is 6.84. The molecule has 0 bridgehead atoms. The van der Waals surface area contributed by atoms with Gasteiger partial charge < -0.3 is 15.4 Å². The van der Waals surface area contributed by atoms with Gasteiger partial charge in [-0.05, 0) is 25.8 Å². The van der Waals surface area contributed by atoms with Gasteiger partial charge in [0, 0.05) is 13.1 Å². The summed E-state index contributed by atoms with van der Waals surface area (Å²) in [6, 6.07) is 7.92. The fourth-order valence-electron chi connectivity index (χ4n) is 1.76. The monoisotopic (exact) mass is 278 g/mol. The quantitative estimate of drug-likeness (QED) is 0.747. The second-order valence-corrected chi connectivity index (χ2v) is 4.48. The second-order valence-electron chi connectivity index (χ2n) is 4.48. The van der Waals surface area contributed by atoms with Gasteiger partial charge in [-0.15, -0.1) is 0 Å². The van der Waals surface area contributed by atoms with E-state index in [1.54, 1.807) is 6.92 Å². The van der Waals surface area contributed by atoms with Gasteiger partial charge in [-0.25, -0.2) is 4.79 Å². The molecule has 5 nitrogen and oxygen atoms in total. The highest BCUT2D eigenvalue weighted by molar-refractivity contribution is 5.75. The number of nitrogens with one attached hydrogen (secondary N) is 2. The number of benzene rings is 1. The van der Waals surface area contributed by atoms with Crippen LogP contribution in [-0.2, 0) is 16.0 Å². The zero-order valence-electron chi connectivity index (χ0n) is 12.1. The van der Waals surface area contributed by atoms with E-state index in [1.165, 1.54) is 11.1 Å². The van der Waals surface area contributed by atoms with Gasteiger partial charge in [0.2, 0.25) is 0 Å². The molecule has 0 saturated heterocycles. The molecule has 0 aliphatic heterocycles. The fraction of sp³-hybridized carbons (Fsp3) is 0.467. The predicted molar refractivity (Wildman–Crippen MR) is 77.5 cm³/mol. The second kappa shape index (κ2) is 8.96. The largest absolute Gasteiger partial charge is 0.466 e. The van der Waals surface area contributed by atoms with Crippen molar-refractivity contribution in [3.8, 4) is 0 Å². The van der Waals surface area contributed by atoms with Gasteiger partial charge in [-0.1, -0.05) is 29.8 Å². The lowest BCUT2D eigenvalue weighted by atomic mass is 10.1. The average Bonchev–Trinajstić information content (AvgIpc) is 2.39. The summed E-state index contributed by atoms with van der Waals surface area (Å²) in [7, 11) is 0. The smallest absolute Gasteiger partial charge is 0.314 e. The molecule has 0 unspecified atom stereocenters. The zero-order chi connectivity index (χ0) is 14.8. The van der Waals surface area contributed by atoms with E-state index >= 15 is 0 Å². The lowest BCUT2D eigenvalue weighted by molar-refractivity contribution is -0.142. The Morgan fingerprint density at radius 1 is 1.20 bits per heavy atom. The van der Waals surface area contributed by atoms with Crippen LogP contribution in [0.1, 0.15) is 24.5 Å². The Balaban J connectivity index is 2.13. The maximum absolute atomic E-state index is 11.5. The van der Waals surface area contributed by atoms with Crippen molar-refractivity contribution in [3.05, 3.63) is 35.4 Å². The standard InChI is InChI=1S/C15H22N2O3/c1-3-20-14(18)8-10-17-15(19)16-9-7-13-6-4-5-12(2)11-13/h4-6,11H,3,7-10H2,1-2H3,(H2,16,17,19). The maximum atomic E-state index is 11.5. The van der Waals surface area contributed by atoms with Crippen LogP contribution in [0.25, 0.3) is 0 Å². The van der Waals surface area contributed by atoms with Crippen LogP contribution in [0.3, 0.4) is 0 Å². The molecule has 0 spiro atoms. The molecule has 1 aromatic rings. The van der Waals surface area contributed by atoms with Gasteiger partial charge in [0.25, 0.3) is 0 Å². The Bertz CT molecular complexity index is 446. The van der Waals surface area contributed by atoms with Crippen LogP contribution in [0.15, 0.2) is 24.3 Å². The molecule has 2 N–H and O–H groups in total. The summed E-state index contributed by atoms with van der Waals surface area (Å²) in [5, 5.41) is 5.37. The molecule has 5 heteroatoms. The lowest BCUT2D eigenvalue weighted by Crippen LogP contribution is -2.37. The Morgan fingerprint density at radius 2 is 1.95 bits per heavy atom. The third-order valence-electron chi connectivity index (χ3n) is 2.70. The van der Waals surface area contributed by atoms with E-state index in [1.807, 2.05) is 25.1 Å². The Hall–Kier alpha value is -2.04. The fourth-order valence-corrected chi connectivity index (χ4v) is 1.76. The molecule has 20 heavy (non-hydrogen) atoms. The van der Waals surface area contributed by atoms with Crippen molar-refractivity contribution in [2.75, 3.05) is 19.7 Å². The first kappa shape index (κ1) is 16.0. The topological polar surface area (TPSA) is 67.4 Å². The van der Waals surface area contributed by atoms with Crippen LogP contribution in [-0.4, -0.2) is 31.7 Å². The Kier molecular flexibility index (Phi) is 7.17. The number of urea groups is 1. The Morgan fingerprint density at radius 3 is 2.65 bits per heavy atom. The number of hydrogen-bond acceptors (Lipinski definition) is 3. The van der Waals surface area contributed by atoms with Crippen molar-refractivity contribution in [1.29, 1.82) is 0 Å². The molecule has 0 aromatic heterocycles. The normalized spacial score (nSPS) is 9.90. The first-order chi connectivity index (χ1) is 9.61. The average molecular weight is 278 g/mol. The van der Waals surface area contributed by atoms with E-state index in [0.717, 1.165) is 6.42 Å². The molecule has 0 heterocycles. The number of ether oxygens (including phenoxy) is 1. The predicted octanol–water partition coefficient (Wildman–Crippen LogP) is 1.79. The minimum atomic E-state index is -0.299. The summed E-state index contributed by atoms with van der Waals surface area (Å²) in [6.45, 7) is 5.01. The summed E-state index contributed by atoms with van der Waals surface area (Å²) in [4.78, 5) is 22.5. The molecular weight excluding hydrogens is 256 g/mol. The van der Waals surface area contributed by atoms with Crippen LogP contribution in [0, 0.1) is 6.92 Å². The molecule has 0 saturated carbocycles. The molecule has 0 atom stereocenters.